The predicted molar refractivity (Wildman–Crippen MR) is 82.2 cm³/mol. The van der Waals surface area contributed by atoms with Crippen LogP contribution in [0.15, 0.2) is 24.3 Å². The fourth-order valence-electron chi connectivity index (χ4n) is 2.85. The van der Waals surface area contributed by atoms with Gasteiger partial charge in [0.15, 0.2) is 0 Å². The van der Waals surface area contributed by atoms with E-state index in [2.05, 4.69) is 50.4 Å². The maximum Gasteiger partial charge on any atom is 0.119 e. The van der Waals surface area contributed by atoms with Gasteiger partial charge in [-0.05, 0) is 56.8 Å². The Morgan fingerprint density at radius 2 is 1.85 bits per heavy atom. The second-order valence-corrected chi connectivity index (χ2v) is 5.72. The standard InChI is InChI=1S/C17H27NO2/c1-4-18-17(15-9-11-19-12-10-15)14-5-7-16(8-6-14)20-13(2)3/h5-8,13,15,17-18H,4,9-12H2,1-3H3. The lowest BCUT2D eigenvalue weighted by Crippen LogP contribution is -2.32. The molecule has 1 aliphatic heterocycles. The average molecular weight is 277 g/mol. The molecule has 112 valence electrons. The minimum absolute atomic E-state index is 0.223. The van der Waals surface area contributed by atoms with Crippen LogP contribution in [0.2, 0.25) is 0 Å². The van der Waals surface area contributed by atoms with E-state index in [1.54, 1.807) is 0 Å². The molecule has 1 heterocycles. The number of nitrogens with one attached hydrogen (secondary N) is 1. The summed E-state index contributed by atoms with van der Waals surface area (Å²) in [7, 11) is 0. The van der Waals surface area contributed by atoms with Crippen molar-refractivity contribution in [3.8, 4) is 5.75 Å². The van der Waals surface area contributed by atoms with E-state index in [4.69, 9.17) is 9.47 Å². The van der Waals surface area contributed by atoms with Gasteiger partial charge in [-0.25, -0.2) is 0 Å². The van der Waals surface area contributed by atoms with Gasteiger partial charge in [0, 0.05) is 19.3 Å². The van der Waals surface area contributed by atoms with Crippen molar-refractivity contribution in [3.05, 3.63) is 29.8 Å². The number of benzene rings is 1. The Morgan fingerprint density at radius 3 is 2.40 bits per heavy atom. The van der Waals surface area contributed by atoms with Crippen LogP contribution in [0.3, 0.4) is 0 Å². The molecule has 0 bridgehead atoms. The van der Waals surface area contributed by atoms with Crippen LogP contribution in [0.1, 0.15) is 45.2 Å². The maximum atomic E-state index is 5.71. The van der Waals surface area contributed by atoms with Crippen LogP contribution in [0, 0.1) is 5.92 Å². The van der Waals surface area contributed by atoms with Gasteiger partial charge in [0.05, 0.1) is 6.10 Å². The van der Waals surface area contributed by atoms with E-state index in [9.17, 15) is 0 Å². The lowest BCUT2D eigenvalue weighted by Gasteiger charge is -2.31. The smallest absolute Gasteiger partial charge is 0.119 e. The van der Waals surface area contributed by atoms with Crippen molar-refractivity contribution in [1.82, 2.24) is 5.32 Å². The quantitative estimate of drug-likeness (QED) is 0.862. The van der Waals surface area contributed by atoms with Crippen LogP contribution in [-0.2, 0) is 4.74 Å². The Kier molecular flexibility index (Phi) is 5.86. The molecule has 0 radical (unpaired) electrons. The highest BCUT2D eigenvalue weighted by Gasteiger charge is 2.24. The summed E-state index contributed by atoms with van der Waals surface area (Å²) in [6.45, 7) is 9.05. The van der Waals surface area contributed by atoms with Crippen molar-refractivity contribution in [2.45, 2.75) is 45.8 Å². The average Bonchev–Trinajstić information content (AvgIpc) is 2.46. The van der Waals surface area contributed by atoms with Crippen molar-refractivity contribution in [2.24, 2.45) is 5.92 Å². The molecule has 0 saturated carbocycles. The molecule has 0 amide bonds. The Balaban J connectivity index is 2.07. The topological polar surface area (TPSA) is 30.5 Å². The van der Waals surface area contributed by atoms with Crippen molar-refractivity contribution < 1.29 is 9.47 Å². The SMILES string of the molecule is CCNC(c1ccc(OC(C)C)cc1)C1CCOCC1. The van der Waals surface area contributed by atoms with Crippen molar-refractivity contribution in [2.75, 3.05) is 19.8 Å². The van der Waals surface area contributed by atoms with Crippen LogP contribution < -0.4 is 10.1 Å². The molecule has 1 fully saturated rings. The Labute approximate surface area is 122 Å². The third-order valence-electron chi connectivity index (χ3n) is 3.77. The molecule has 3 heteroatoms. The molecule has 1 atom stereocenters. The number of hydrogen-bond acceptors (Lipinski definition) is 3. The first kappa shape index (κ1) is 15.3. The second kappa shape index (κ2) is 7.65. The zero-order chi connectivity index (χ0) is 14.4. The van der Waals surface area contributed by atoms with Crippen molar-refractivity contribution in [1.29, 1.82) is 0 Å². The molecule has 0 spiro atoms. The summed E-state index contributed by atoms with van der Waals surface area (Å²) < 4.78 is 11.2. The summed E-state index contributed by atoms with van der Waals surface area (Å²) in [6.07, 6.45) is 2.50. The van der Waals surface area contributed by atoms with Gasteiger partial charge >= 0.3 is 0 Å². The highest BCUT2D eigenvalue weighted by molar-refractivity contribution is 5.29. The second-order valence-electron chi connectivity index (χ2n) is 5.72. The van der Waals surface area contributed by atoms with Gasteiger partial charge in [-0.1, -0.05) is 19.1 Å². The molecule has 1 saturated heterocycles. The van der Waals surface area contributed by atoms with Gasteiger partial charge in [-0.15, -0.1) is 0 Å². The summed E-state index contributed by atoms with van der Waals surface area (Å²) in [4.78, 5) is 0. The molecular formula is C17H27NO2. The predicted octanol–water partition coefficient (Wildman–Crippen LogP) is 3.55. The summed E-state index contributed by atoms with van der Waals surface area (Å²) >= 11 is 0. The van der Waals surface area contributed by atoms with E-state index < -0.39 is 0 Å². The molecular weight excluding hydrogens is 250 g/mol. The largest absolute Gasteiger partial charge is 0.491 e. The maximum absolute atomic E-state index is 5.71. The molecule has 3 nitrogen and oxygen atoms in total. The molecule has 2 rings (SSSR count). The minimum Gasteiger partial charge on any atom is -0.491 e. The normalized spacial score (nSPS) is 18.2. The molecule has 1 aromatic rings. The van der Waals surface area contributed by atoms with E-state index in [0.29, 0.717) is 12.0 Å². The number of hydrogen-bond donors (Lipinski definition) is 1. The molecule has 1 N–H and O–H groups in total. The van der Waals surface area contributed by atoms with Gasteiger partial charge in [0.2, 0.25) is 0 Å². The Bertz CT molecular complexity index is 382. The van der Waals surface area contributed by atoms with Crippen molar-refractivity contribution in [3.63, 3.8) is 0 Å². The lowest BCUT2D eigenvalue weighted by atomic mass is 9.87. The van der Waals surface area contributed by atoms with Gasteiger partial charge in [-0.2, -0.15) is 0 Å². The Morgan fingerprint density at radius 1 is 1.20 bits per heavy atom. The molecule has 0 aromatic heterocycles. The highest BCUT2D eigenvalue weighted by Crippen LogP contribution is 2.31. The zero-order valence-corrected chi connectivity index (χ0v) is 12.9. The van der Waals surface area contributed by atoms with Crippen LogP contribution in [0.25, 0.3) is 0 Å². The molecule has 1 unspecified atom stereocenters. The summed E-state index contributed by atoms with van der Waals surface area (Å²) in [5.41, 5.74) is 1.36. The number of rotatable bonds is 6. The first-order valence-corrected chi connectivity index (χ1v) is 7.78. The van der Waals surface area contributed by atoms with Gasteiger partial charge < -0.3 is 14.8 Å². The first-order valence-electron chi connectivity index (χ1n) is 7.78. The van der Waals surface area contributed by atoms with Gasteiger partial charge in [0.1, 0.15) is 5.75 Å². The van der Waals surface area contributed by atoms with Gasteiger partial charge in [-0.3, -0.25) is 0 Å². The third-order valence-corrected chi connectivity index (χ3v) is 3.77. The summed E-state index contributed by atoms with van der Waals surface area (Å²) in [6, 6.07) is 8.98. The highest BCUT2D eigenvalue weighted by atomic mass is 16.5. The van der Waals surface area contributed by atoms with Crippen LogP contribution in [-0.4, -0.2) is 25.9 Å². The Hall–Kier alpha value is -1.06. The molecule has 20 heavy (non-hydrogen) atoms. The molecule has 0 aliphatic carbocycles. The molecule has 1 aliphatic rings. The third kappa shape index (κ3) is 4.22. The van der Waals surface area contributed by atoms with Crippen LogP contribution in [0.4, 0.5) is 0 Å². The van der Waals surface area contributed by atoms with Gasteiger partial charge in [0.25, 0.3) is 0 Å². The van der Waals surface area contributed by atoms with E-state index in [1.807, 2.05) is 0 Å². The van der Waals surface area contributed by atoms with E-state index in [1.165, 1.54) is 5.56 Å². The molecule has 1 aromatic carbocycles. The fraction of sp³-hybridized carbons (Fsp3) is 0.647. The van der Waals surface area contributed by atoms with Crippen molar-refractivity contribution >= 4 is 0 Å². The van der Waals surface area contributed by atoms with Crippen LogP contribution >= 0.6 is 0 Å². The lowest BCUT2D eigenvalue weighted by molar-refractivity contribution is 0.0538. The zero-order valence-electron chi connectivity index (χ0n) is 12.9. The van der Waals surface area contributed by atoms with E-state index >= 15 is 0 Å². The minimum atomic E-state index is 0.223. The number of ether oxygens (including phenoxy) is 2. The summed E-state index contributed by atoms with van der Waals surface area (Å²) in [5, 5.41) is 3.63. The first-order chi connectivity index (χ1) is 9.70. The fourth-order valence-corrected chi connectivity index (χ4v) is 2.85. The van der Waals surface area contributed by atoms with E-state index in [-0.39, 0.29) is 6.10 Å². The van der Waals surface area contributed by atoms with Crippen LogP contribution in [0.5, 0.6) is 5.75 Å². The monoisotopic (exact) mass is 277 g/mol. The van der Waals surface area contributed by atoms with E-state index in [0.717, 1.165) is 38.3 Å². The summed E-state index contributed by atoms with van der Waals surface area (Å²) in [5.74, 6) is 1.62.